The molecule has 5 rings (SSSR count). The van der Waals surface area contributed by atoms with Crippen LogP contribution in [0, 0.1) is 0 Å². The predicted octanol–water partition coefficient (Wildman–Crippen LogP) is 6.04. The molecule has 2 amide bonds. The lowest BCUT2D eigenvalue weighted by molar-refractivity contribution is -0.127. The number of hydrogen-bond acceptors (Lipinski definition) is 4. The second-order valence-electron chi connectivity index (χ2n) is 10.9. The first-order valence-electron chi connectivity index (χ1n) is 14.7. The van der Waals surface area contributed by atoms with E-state index in [2.05, 4.69) is 15.5 Å². The fraction of sp³-hybridized carbons (Fsp3) is 0.412. The van der Waals surface area contributed by atoms with Gasteiger partial charge in [0.05, 0.1) is 19.7 Å². The zero-order valence-electron chi connectivity index (χ0n) is 24.9. The van der Waals surface area contributed by atoms with Crippen molar-refractivity contribution in [2.24, 2.45) is 0 Å². The molecule has 1 aliphatic heterocycles. The number of nitrogens with zero attached hydrogens (tertiary/aromatic N) is 1. The maximum atomic E-state index is 13.7. The summed E-state index contributed by atoms with van der Waals surface area (Å²) in [5.41, 5.74) is 3.30. The van der Waals surface area contributed by atoms with E-state index in [9.17, 15) is 18.4 Å². The minimum absolute atomic E-state index is 0.0935. The van der Waals surface area contributed by atoms with Gasteiger partial charge in [-0.15, -0.1) is 0 Å². The van der Waals surface area contributed by atoms with Gasteiger partial charge in [0.15, 0.2) is 0 Å². The number of methoxy groups -OCH3 is 1. The number of halogens is 2. The van der Waals surface area contributed by atoms with Crippen molar-refractivity contribution in [3.8, 4) is 16.9 Å². The van der Waals surface area contributed by atoms with Crippen LogP contribution in [0.15, 0.2) is 72.8 Å². The van der Waals surface area contributed by atoms with E-state index < -0.39 is 17.9 Å². The highest BCUT2D eigenvalue weighted by atomic mass is 19.3. The molecule has 0 radical (unpaired) electrons. The molecular weight excluding hydrogens is 536 g/mol. The molecule has 3 aromatic rings. The summed E-state index contributed by atoms with van der Waals surface area (Å²) < 4.78 is 32.6. The zero-order chi connectivity index (χ0) is 30.3. The smallest absolute Gasteiger partial charge is 0.262 e. The fourth-order valence-corrected chi connectivity index (χ4v) is 5.92. The van der Waals surface area contributed by atoms with Crippen LogP contribution in [-0.2, 0) is 10.2 Å². The third kappa shape index (κ3) is 6.65. The van der Waals surface area contributed by atoms with Crippen LogP contribution in [0.25, 0.3) is 11.1 Å². The van der Waals surface area contributed by atoms with Crippen LogP contribution in [0.5, 0.6) is 5.75 Å². The van der Waals surface area contributed by atoms with Gasteiger partial charge < -0.3 is 15.4 Å². The molecule has 42 heavy (non-hydrogen) atoms. The van der Waals surface area contributed by atoms with Gasteiger partial charge in [0.2, 0.25) is 5.91 Å². The lowest BCUT2D eigenvalue weighted by Crippen LogP contribution is -2.59. The Bertz CT molecular complexity index is 1320. The highest BCUT2D eigenvalue weighted by Crippen LogP contribution is 2.51. The number of unbranched alkanes of at least 4 members (excludes halogenated alkanes) is 1. The van der Waals surface area contributed by atoms with E-state index >= 15 is 0 Å². The lowest BCUT2D eigenvalue weighted by Gasteiger charge is -2.40. The third-order valence-electron chi connectivity index (χ3n) is 7.93. The molecule has 1 heterocycles. The third-order valence-corrected chi connectivity index (χ3v) is 7.93. The van der Waals surface area contributed by atoms with Gasteiger partial charge in [-0.1, -0.05) is 68.8 Å². The van der Waals surface area contributed by atoms with Crippen molar-refractivity contribution in [2.75, 3.05) is 33.3 Å². The van der Waals surface area contributed by atoms with E-state index in [0.717, 1.165) is 61.7 Å². The minimum Gasteiger partial charge on any atom is -0.497 e. The van der Waals surface area contributed by atoms with E-state index in [-0.39, 0.29) is 17.9 Å². The van der Waals surface area contributed by atoms with Crippen molar-refractivity contribution >= 4 is 11.8 Å². The van der Waals surface area contributed by atoms with E-state index in [1.807, 2.05) is 62.4 Å². The van der Waals surface area contributed by atoms with E-state index in [4.69, 9.17) is 4.74 Å². The van der Waals surface area contributed by atoms with E-state index in [1.165, 1.54) is 0 Å². The normalized spacial score (nSPS) is 15.4. The minimum atomic E-state index is -2.99. The number of carbonyl (C=O) groups excluding carboxylic acids is 2. The number of rotatable bonds is 11. The average Bonchev–Trinajstić information content (AvgIpc) is 3.27. The fourth-order valence-electron chi connectivity index (χ4n) is 5.92. The Morgan fingerprint density at radius 2 is 1.50 bits per heavy atom. The predicted molar refractivity (Wildman–Crippen MR) is 162 cm³/mol. The van der Waals surface area contributed by atoms with Crippen LogP contribution in [0.1, 0.15) is 61.5 Å². The maximum absolute atomic E-state index is 13.7. The summed E-state index contributed by atoms with van der Waals surface area (Å²) in [6.07, 6.45) is 2.12. The summed E-state index contributed by atoms with van der Waals surface area (Å²) in [6.45, 7) is 6.49. The second kappa shape index (κ2) is 13.5. The van der Waals surface area contributed by atoms with Crippen LogP contribution >= 0.6 is 0 Å². The Labute approximate surface area is 247 Å². The molecule has 1 fully saturated rings. The number of fused-ring (bicyclic) bond motifs is 3. The molecule has 0 unspecified atom stereocenters. The van der Waals surface area contributed by atoms with Gasteiger partial charge in [-0.2, -0.15) is 0 Å². The first kappa shape index (κ1) is 31.2. The van der Waals surface area contributed by atoms with Gasteiger partial charge in [0, 0.05) is 25.6 Å². The van der Waals surface area contributed by atoms with Crippen LogP contribution in [-0.4, -0.2) is 62.0 Å². The number of ether oxygens (including phenoxy) is 1. The molecule has 0 bridgehead atoms. The molecule has 3 aromatic carbocycles. The molecule has 0 spiro atoms. The van der Waals surface area contributed by atoms with Crippen LogP contribution < -0.4 is 15.4 Å². The van der Waals surface area contributed by atoms with E-state index in [1.54, 1.807) is 31.4 Å². The summed E-state index contributed by atoms with van der Waals surface area (Å²) in [6, 6.07) is 22.7. The summed E-state index contributed by atoms with van der Waals surface area (Å²) in [4.78, 5) is 28.5. The molecule has 2 aliphatic rings. The Balaban J connectivity index is 0.00000198. The van der Waals surface area contributed by atoms with Crippen LogP contribution in [0.4, 0.5) is 8.78 Å². The number of carbonyl (C=O) groups is 2. The zero-order valence-corrected chi connectivity index (χ0v) is 24.9. The molecule has 6 nitrogen and oxygen atoms in total. The number of benzene rings is 3. The highest BCUT2D eigenvalue weighted by Gasteiger charge is 2.48. The molecular formula is C34H41F2N3O3. The first-order valence-corrected chi connectivity index (χ1v) is 14.7. The van der Waals surface area contributed by atoms with Crippen molar-refractivity contribution in [3.63, 3.8) is 0 Å². The molecule has 2 N–H and O–H groups in total. The molecule has 8 heteroatoms. The van der Waals surface area contributed by atoms with E-state index in [0.29, 0.717) is 17.7 Å². The van der Waals surface area contributed by atoms with Gasteiger partial charge >= 0.3 is 0 Å². The van der Waals surface area contributed by atoms with Gasteiger partial charge in [-0.25, -0.2) is 8.78 Å². The molecule has 1 aliphatic carbocycles. The molecule has 1 saturated heterocycles. The Hall–Kier alpha value is -3.78. The molecule has 224 valence electrons. The standard InChI is InChI=1S/C32H35F2N3O3.C2H6/c1-31(33,34)21-35-30(39)32(27-11-5-3-9-25(27)26-10-4-6-12-28(26)32)17-7-8-18-37-19-23(20-37)36-29(38)22-13-15-24(40-2)16-14-22;1-2/h3-6,9-16,23H,7-8,17-21H2,1-2H3,(H,35,39)(H,36,38);1-2H3. The summed E-state index contributed by atoms with van der Waals surface area (Å²) in [7, 11) is 1.59. The van der Waals surface area contributed by atoms with Crippen molar-refractivity contribution in [3.05, 3.63) is 89.5 Å². The second-order valence-corrected chi connectivity index (χ2v) is 10.9. The Morgan fingerprint density at radius 3 is 2.05 bits per heavy atom. The number of alkyl halides is 2. The lowest BCUT2D eigenvalue weighted by atomic mass is 9.73. The van der Waals surface area contributed by atoms with Gasteiger partial charge in [-0.3, -0.25) is 14.5 Å². The summed E-state index contributed by atoms with van der Waals surface area (Å²) >= 11 is 0. The van der Waals surface area contributed by atoms with Crippen molar-refractivity contribution in [1.82, 2.24) is 15.5 Å². The number of nitrogens with one attached hydrogen (secondary N) is 2. The Kier molecular flexibility index (Phi) is 9.99. The number of amides is 2. The maximum Gasteiger partial charge on any atom is 0.262 e. The van der Waals surface area contributed by atoms with Crippen LogP contribution in [0.2, 0.25) is 0 Å². The van der Waals surface area contributed by atoms with Crippen molar-refractivity contribution in [2.45, 2.75) is 57.4 Å². The SMILES string of the molecule is CC.COc1ccc(C(=O)NC2CN(CCCCC3(C(=O)NCC(C)(F)F)c4ccccc4-c4ccccc43)C2)cc1. The molecule has 0 saturated carbocycles. The van der Waals surface area contributed by atoms with Gasteiger partial charge in [-0.05, 0) is 65.9 Å². The quantitative estimate of drug-likeness (QED) is 0.273. The Morgan fingerprint density at radius 1 is 0.929 bits per heavy atom. The molecule has 0 atom stereocenters. The topological polar surface area (TPSA) is 70.7 Å². The van der Waals surface area contributed by atoms with Gasteiger partial charge in [0.1, 0.15) is 11.2 Å². The number of hydrogen-bond donors (Lipinski definition) is 2. The highest BCUT2D eigenvalue weighted by molar-refractivity contribution is 6.00. The summed E-state index contributed by atoms with van der Waals surface area (Å²) in [5.74, 6) is -2.77. The summed E-state index contributed by atoms with van der Waals surface area (Å²) in [5, 5.41) is 5.63. The van der Waals surface area contributed by atoms with Crippen LogP contribution in [0.3, 0.4) is 0 Å². The average molecular weight is 578 g/mol. The molecule has 0 aromatic heterocycles. The number of likely N-dealkylation sites (tertiary alicyclic amines) is 1. The largest absolute Gasteiger partial charge is 0.497 e. The van der Waals surface area contributed by atoms with Gasteiger partial charge in [0.25, 0.3) is 11.8 Å². The van der Waals surface area contributed by atoms with Crippen molar-refractivity contribution < 1.29 is 23.1 Å². The van der Waals surface area contributed by atoms with Crippen molar-refractivity contribution in [1.29, 1.82) is 0 Å². The first-order chi connectivity index (χ1) is 20.2. The monoisotopic (exact) mass is 577 g/mol.